The zero-order valence-corrected chi connectivity index (χ0v) is 13.5. The molecule has 2 amide bonds. The molecule has 0 unspecified atom stereocenters. The van der Waals surface area contributed by atoms with Gasteiger partial charge in [0.25, 0.3) is 0 Å². The Morgan fingerprint density at radius 2 is 2.22 bits per heavy atom. The fourth-order valence-electron chi connectivity index (χ4n) is 2.97. The van der Waals surface area contributed by atoms with E-state index in [1.807, 2.05) is 17.5 Å². The van der Waals surface area contributed by atoms with Gasteiger partial charge in [-0.25, -0.2) is 4.39 Å². The van der Waals surface area contributed by atoms with Crippen molar-refractivity contribution in [3.63, 3.8) is 0 Å². The van der Waals surface area contributed by atoms with E-state index in [1.54, 1.807) is 30.5 Å². The zero-order chi connectivity index (χ0) is 16.4. The Hall–Kier alpha value is -2.21. The SMILES string of the molecule is CN1C(=O)C[C@@H](C(=O)NCc2cccs2)[C@H]1c1cccc(F)c1. The van der Waals surface area contributed by atoms with Crippen molar-refractivity contribution >= 4 is 23.2 Å². The number of benzene rings is 1. The van der Waals surface area contributed by atoms with Gasteiger partial charge in [0.15, 0.2) is 0 Å². The Morgan fingerprint density at radius 3 is 2.91 bits per heavy atom. The van der Waals surface area contributed by atoms with Crippen LogP contribution in [0.1, 0.15) is 22.9 Å². The minimum Gasteiger partial charge on any atom is -0.351 e. The first-order valence-electron chi connectivity index (χ1n) is 7.37. The van der Waals surface area contributed by atoms with Crippen molar-refractivity contribution in [3.8, 4) is 0 Å². The molecule has 1 aromatic heterocycles. The molecule has 1 N–H and O–H groups in total. The van der Waals surface area contributed by atoms with Crippen LogP contribution in [-0.2, 0) is 16.1 Å². The van der Waals surface area contributed by atoms with Crippen molar-refractivity contribution in [2.75, 3.05) is 7.05 Å². The van der Waals surface area contributed by atoms with Gasteiger partial charge >= 0.3 is 0 Å². The van der Waals surface area contributed by atoms with E-state index in [4.69, 9.17) is 0 Å². The number of carbonyl (C=O) groups excluding carboxylic acids is 2. The maximum absolute atomic E-state index is 13.5. The number of hydrogen-bond acceptors (Lipinski definition) is 3. The third-order valence-electron chi connectivity index (χ3n) is 4.13. The topological polar surface area (TPSA) is 49.4 Å². The molecule has 1 fully saturated rings. The lowest BCUT2D eigenvalue weighted by Crippen LogP contribution is -2.34. The molecule has 0 radical (unpaired) electrons. The summed E-state index contributed by atoms with van der Waals surface area (Å²) in [5.41, 5.74) is 0.648. The summed E-state index contributed by atoms with van der Waals surface area (Å²) in [6, 6.07) is 9.53. The number of nitrogens with one attached hydrogen (secondary N) is 1. The monoisotopic (exact) mass is 332 g/mol. The molecule has 0 aliphatic carbocycles. The first-order valence-corrected chi connectivity index (χ1v) is 8.25. The zero-order valence-electron chi connectivity index (χ0n) is 12.7. The summed E-state index contributed by atoms with van der Waals surface area (Å²) in [6.45, 7) is 0.445. The normalized spacial score (nSPS) is 20.8. The van der Waals surface area contributed by atoms with Gasteiger partial charge in [0, 0.05) is 18.3 Å². The molecular weight excluding hydrogens is 315 g/mol. The number of halogens is 1. The van der Waals surface area contributed by atoms with Gasteiger partial charge in [-0.1, -0.05) is 18.2 Å². The number of thiophene rings is 1. The molecule has 120 valence electrons. The summed E-state index contributed by atoms with van der Waals surface area (Å²) >= 11 is 1.57. The Kier molecular flexibility index (Phi) is 4.43. The van der Waals surface area contributed by atoms with E-state index in [2.05, 4.69) is 5.32 Å². The van der Waals surface area contributed by atoms with E-state index in [9.17, 15) is 14.0 Å². The van der Waals surface area contributed by atoms with Gasteiger partial charge in [-0.15, -0.1) is 11.3 Å². The van der Waals surface area contributed by atoms with Gasteiger partial charge in [0.1, 0.15) is 5.82 Å². The molecular formula is C17H17FN2O2S. The van der Waals surface area contributed by atoms with Gasteiger partial charge in [0.05, 0.1) is 18.5 Å². The highest BCUT2D eigenvalue weighted by Crippen LogP contribution is 2.37. The third kappa shape index (κ3) is 3.27. The first-order chi connectivity index (χ1) is 11.1. The molecule has 1 aliphatic heterocycles. The minimum absolute atomic E-state index is 0.101. The predicted molar refractivity (Wildman–Crippen MR) is 86.2 cm³/mol. The van der Waals surface area contributed by atoms with E-state index >= 15 is 0 Å². The van der Waals surface area contributed by atoms with E-state index in [-0.39, 0.29) is 24.1 Å². The molecule has 4 nitrogen and oxygen atoms in total. The number of likely N-dealkylation sites (tertiary alicyclic amines) is 1. The van der Waals surface area contributed by atoms with Crippen molar-refractivity contribution in [1.82, 2.24) is 10.2 Å². The summed E-state index contributed by atoms with van der Waals surface area (Å²) in [5, 5.41) is 4.83. The molecule has 1 saturated heterocycles. The van der Waals surface area contributed by atoms with Crippen molar-refractivity contribution in [1.29, 1.82) is 0 Å². The van der Waals surface area contributed by atoms with Crippen LogP contribution in [0.3, 0.4) is 0 Å². The van der Waals surface area contributed by atoms with Gasteiger partial charge in [-0.3, -0.25) is 9.59 Å². The lowest BCUT2D eigenvalue weighted by atomic mass is 9.93. The van der Waals surface area contributed by atoms with Crippen LogP contribution in [0.4, 0.5) is 4.39 Å². The second kappa shape index (κ2) is 6.50. The number of rotatable bonds is 4. The van der Waals surface area contributed by atoms with Crippen LogP contribution in [-0.4, -0.2) is 23.8 Å². The Morgan fingerprint density at radius 1 is 1.39 bits per heavy atom. The lowest BCUT2D eigenvalue weighted by Gasteiger charge is -2.25. The molecule has 2 atom stereocenters. The Bertz CT molecular complexity index is 717. The highest BCUT2D eigenvalue weighted by Gasteiger charge is 2.42. The number of hydrogen-bond donors (Lipinski definition) is 1. The van der Waals surface area contributed by atoms with Crippen molar-refractivity contribution < 1.29 is 14.0 Å². The highest BCUT2D eigenvalue weighted by molar-refractivity contribution is 7.09. The molecule has 6 heteroatoms. The maximum atomic E-state index is 13.5. The molecule has 0 saturated carbocycles. The number of carbonyl (C=O) groups is 2. The van der Waals surface area contributed by atoms with Crippen molar-refractivity contribution in [3.05, 3.63) is 58.0 Å². The second-order valence-electron chi connectivity index (χ2n) is 5.61. The standard InChI is InChI=1S/C17H17FN2O2S/c1-20-15(21)9-14(16(20)11-4-2-5-12(18)8-11)17(22)19-10-13-6-3-7-23-13/h2-8,14,16H,9-10H2,1H3,(H,19,22)/t14-,16-/m1/s1. The van der Waals surface area contributed by atoms with E-state index in [0.29, 0.717) is 12.1 Å². The van der Waals surface area contributed by atoms with Gasteiger partial charge in [0.2, 0.25) is 11.8 Å². The van der Waals surface area contributed by atoms with Crippen LogP contribution in [0.15, 0.2) is 41.8 Å². The van der Waals surface area contributed by atoms with E-state index < -0.39 is 12.0 Å². The van der Waals surface area contributed by atoms with Crippen molar-refractivity contribution in [2.45, 2.75) is 19.0 Å². The smallest absolute Gasteiger partial charge is 0.226 e. The van der Waals surface area contributed by atoms with E-state index in [0.717, 1.165) is 4.88 Å². The van der Waals surface area contributed by atoms with Crippen LogP contribution < -0.4 is 5.32 Å². The highest BCUT2D eigenvalue weighted by atomic mass is 32.1. The quantitative estimate of drug-likeness (QED) is 0.936. The molecule has 0 bridgehead atoms. The molecule has 2 aromatic rings. The number of amides is 2. The van der Waals surface area contributed by atoms with Crippen molar-refractivity contribution in [2.24, 2.45) is 5.92 Å². The average Bonchev–Trinajstić information content (AvgIpc) is 3.14. The Labute approximate surface area is 137 Å². The maximum Gasteiger partial charge on any atom is 0.226 e. The summed E-state index contributed by atoms with van der Waals surface area (Å²) in [7, 11) is 1.66. The second-order valence-corrected chi connectivity index (χ2v) is 6.64. The van der Waals surface area contributed by atoms with Crippen LogP contribution in [0, 0.1) is 11.7 Å². The average molecular weight is 332 g/mol. The summed E-state index contributed by atoms with van der Waals surface area (Å²) in [6.07, 6.45) is 0.147. The Balaban J connectivity index is 1.78. The third-order valence-corrected chi connectivity index (χ3v) is 5.01. The predicted octanol–water partition coefficient (Wildman–Crippen LogP) is 2.72. The summed E-state index contributed by atoms with van der Waals surface area (Å²) in [5.74, 6) is -1.15. The van der Waals surface area contributed by atoms with Crippen LogP contribution in [0.25, 0.3) is 0 Å². The molecule has 1 aliphatic rings. The molecule has 0 spiro atoms. The van der Waals surface area contributed by atoms with Gasteiger partial charge < -0.3 is 10.2 Å². The number of nitrogens with zero attached hydrogens (tertiary/aromatic N) is 1. The molecule has 3 rings (SSSR count). The van der Waals surface area contributed by atoms with Crippen LogP contribution in [0.2, 0.25) is 0 Å². The fraction of sp³-hybridized carbons (Fsp3) is 0.294. The van der Waals surface area contributed by atoms with Crippen LogP contribution in [0.5, 0.6) is 0 Å². The van der Waals surface area contributed by atoms with E-state index in [1.165, 1.54) is 17.0 Å². The van der Waals surface area contributed by atoms with Gasteiger partial charge in [-0.05, 0) is 29.1 Å². The summed E-state index contributed by atoms with van der Waals surface area (Å²) < 4.78 is 13.5. The lowest BCUT2D eigenvalue weighted by molar-refractivity contribution is -0.128. The van der Waals surface area contributed by atoms with Gasteiger partial charge in [-0.2, -0.15) is 0 Å². The summed E-state index contributed by atoms with van der Waals surface area (Å²) in [4.78, 5) is 27.2. The fourth-order valence-corrected chi connectivity index (χ4v) is 3.61. The largest absolute Gasteiger partial charge is 0.351 e. The molecule has 2 heterocycles. The first kappa shape index (κ1) is 15.7. The minimum atomic E-state index is -0.505. The molecule has 23 heavy (non-hydrogen) atoms. The van der Waals surface area contributed by atoms with Crippen LogP contribution >= 0.6 is 11.3 Å². The molecule has 1 aromatic carbocycles.